The van der Waals surface area contributed by atoms with Gasteiger partial charge in [-0.1, -0.05) is 0 Å². The van der Waals surface area contributed by atoms with Crippen LogP contribution in [0, 0.1) is 19.7 Å². The first-order valence-electron chi connectivity index (χ1n) is 7.65. The molecule has 2 aromatic rings. The monoisotopic (exact) mass is 364 g/mol. The molecule has 1 N–H and O–H groups in total. The van der Waals surface area contributed by atoms with E-state index in [1.807, 2.05) is 19.9 Å². The number of aryl methyl sites for hydroxylation is 2. The summed E-state index contributed by atoms with van der Waals surface area (Å²) < 4.78 is 39.2. The minimum atomic E-state index is -3.46. The Hall–Kier alpha value is -2.55. The molecular weight excluding hydrogens is 347 g/mol. The van der Waals surface area contributed by atoms with Crippen molar-refractivity contribution in [3.63, 3.8) is 0 Å². The third-order valence-corrected chi connectivity index (χ3v) is 5.68. The number of hydrazone groups is 1. The van der Waals surface area contributed by atoms with E-state index in [0.717, 1.165) is 23.5 Å². The topological polar surface area (TPSA) is 93.4 Å². The Labute approximate surface area is 144 Å². The Bertz CT molecular complexity index is 979. The SMILES string of the molecule is Cc1cc(C)n(CC(=O)N/N=C2\CCS(=O)(=O)c3ccc(F)cc32)n1. The van der Waals surface area contributed by atoms with Crippen LogP contribution in [0.5, 0.6) is 0 Å². The van der Waals surface area contributed by atoms with Crippen LogP contribution in [0.25, 0.3) is 0 Å². The number of hydrogen-bond donors (Lipinski definition) is 1. The van der Waals surface area contributed by atoms with Crippen LogP contribution in [-0.2, 0) is 21.2 Å². The summed E-state index contributed by atoms with van der Waals surface area (Å²) in [6.07, 6.45) is 0.110. The lowest BCUT2D eigenvalue weighted by Gasteiger charge is -2.18. The molecule has 1 aliphatic heterocycles. The van der Waals surface area contributed by atoms with Crippen molar-refractivity contribution in [2.75, 3.05) is 5.75 Å². The summed E-state index contributed by atoms with van der Waals surface area (Å²) in [6.45, 7) is 3.66. The quantitative estimate of drug-likeness (QED) is 0.657. The highest BCUT2D eigenvalue weighted by atomic mass is 32.2. The van der Waals surface area contributed by atoms with Crippen molar-refractivity contribution in [3.05, 3.63) is 47.0 Å². The van der Waals surface area contributed by atoms with Crippen LogP contribution in [0.4, 0.5) is 4.39 Å². The first-order valence-corrected chi connectivity index (χ1v) is 9.30. The van der Waals surface area contributed by atoms with Crippen LogP contribution in [-0.4, -0.2) is 35.6 Å². The first-order chi connectivity index (χ1) is 11.8. The zero-order valence-corrected chi connectivity index (χ0v) is 14.6. The molecule has 0 unspecified atom stereocenters. The molecule has 0 saturated heterocycles. The number of hydrogen-bond acceptors (Lipinski definition) is 5. The summed E-state index contributed by atoms with van der Waals surface area (Å²) in [4.78, 5) is 12.1. The summed E-state index contributed by atoms with van der Waals surface area (Å²) in [7, 11) is -3.46. The lowest BCUT2D eigenvalue weighted by molar-refractivity contribution is -0.121. The highest BCUT2D eigenvalue weighted by Gasteiger charge is 2.28. The fraction of sp³-hybridized carbons (Fsp3) is 0.312. The van der Waals surface area contributed by atoms with Gasteiger partial charge in [-0.3, -0.25) is 9.48 Å². The van der Waals surface area contributed by atoms with E-state index in [2.05, 4.69) is 15.6 Å². The van der Waals surface area contributed by atoms with Crippen LogP contribution in [0.1, 0.15) is 23.4 Å². The van der Waals surface area contributed by atoms with Crippen molar-refractivity contribution in [3.8, 4) is 0 Å². The lowest BCUT2D eigenvalue weighted by atomic mass is 10.1. The molecule has 2 heterocycles. The molecule has 1 aromatic heterocycles. The molecule has 1 aromatic carbocycles. The number of benzene rings is 1. The van der Waals surface area contributed by atoms with E-state index in [0.29, 0.717) is 5.71 Å². The second-order valence-corrected chi connectivity index (χ2v) is 7.97. The highest BCUT2D eigenvalue weighted by molar-refractivity contribution is 7.91. The molecule has 7 nitrogen and oxygen atoms in total. The van der Waals surface area contributed by atoms with Gasteiger partial charge in [-0.25, -0.2) is 18.2 Å². The van der Waals surface area contributed by atoms with Crippen molar-refractivity contribution in [1.82, 2.24) is 15.2 Å². The van der Waals surface area contributed by atoms with Crippen molar-refractivity contribution >= 4 is 21.5 Å². The molecule has 0 fully saturated rings. The summed E-state index contributed by atoms with van der Waals surface area (Å²) in [5.41, 5.74) is 4.58. The number of amides is 1. The van der Waals surface area contributed by atoms with Crippen molar-refractivity contribution < 1.29 is 17.6 Å². The van der Waals surface area contributed by atoms with Crippen LogP contribution >= 0.6 is 0 Å². The third-order valence-electron chi connectivity index (χ3n) is 3.91. The molecule has 1 aliphatic rings. The summed E-state index contributed by atoms with van der Waals surface area (Å²) in [6, 6.07) is 5.30. The van der Waals surface area contributed by atoms with Crippen molar-refractivity contribution in [1.29, 1.82) is 0 Å². The van der Waals surface area contributed by atoms with E-state index in [1.165, 1.54) is 6.07 Å². The molecule has 0 spiro atoms. The van der Waals surface area contributed by atoms with Crippen molar-refractivity contribution in [2.24, 2.45) is 5.10 Å². The van der Waals surface area contributed by atoms with Gasteiger partial charge in [0, 0.05) is 17.7 Å². The predicted molar refractivity (Wildman–Crippen MR) is 89.5 cm³/mol. The second kappa shape index (κ2) is 6.40. The maximum absolute atomic E-state index is 13.5. The summed E-state index contributed by atoms with van der Waals surface area (Å²) in [5, 5.41) is 8.20. The van der Waals surface area contributed by atoms with Gasteiger partial charge in [0.05, 0.1) is 22.1 Å². The Morgan fingerprint density at radius 3 is 2.80 bits per heavy atom. The molecule has 0 saturated carbocycles. The maximum atomic E-state index is 13.5. The van der Waals surface area contributed by atoms with Gasteiger partial charge >= 0.3 is 0 Å². The van der Waals surface area contributed by atoms with Gasteiger partial charge in [0.15, 0.2) is 9.84 Å². The van der Waals surface area contributed by atoms with Gasteiger partial charge in [-0.05, 0) is 38.1 Å². The molecule has 132 valence electrons. The predicted octanol–water partition coefficient (Wildman–Crippen LogP) is 1.34. The van der Waals surface area contributed by atoms with E-state index in [4.69, 9.17) is 0 Å². The van der Waals surface area contributed by atoms with E-state index >= 15 is 0 Å². The van der Waals surface area contributed by atoms with Gasteiger partial charge in [0.25, 0.3) is 5.91 Å². The first kappa shape index (κ1) is 17.3. The van der Waals surface area contributed by atoms with Gasteiger partial charge in [0.1, 0.15) is 12.4 Å². The molecule has 25 heavy (non-hydrogen) atoms. The number of nitrogens with zero attached hydrogens (tertiary/aromatic N) is 3. The number of carbonyl (C=O) groups excluding carboxylic acids is 1. The molecular formula is C16H17FN4O3S. The molecule has 0 bridgehead atoms. The van der Waals surface area contributed by atoms with E-state index < -0.39 is 21.6 Å². The third kappa shape index (κ3) is 3.60. The maximum Gasteiger partial charge on any atom is 0.261 e. The van der Waals surface area contributed by atoms with Gasteiger partial charge in [-0.15, -0.1) is 0 Å². The molecule has 0 atom stereocenters. The Balaban J connectivity index is 1.81. The van der Waals surface area contributed by atoms with Crippen LogP contribution in [0.15, 0.2) is 34.3 Å². The molecule has 3 rings (SSSR count). The zero-order valence-electron chi connectivity index (χ0n) is 13.8. The molecule has 1 amide bonds. The number of aromatic nitrogens is 2. The average Bonchev–Trinajstić information content (AvgIpc) is 2.83. The Kier molecular flexibility index (Phi) is 4.42. The van der Waals surface area contributed by atoms with Crippen LogP contribution < -0.4 is 5.43 Å². The standard InChI is InChI=1S/C16H17FN4O3S/c1-10-7-11(2)21(20-10)9-16(22)19-18-14-5-6-25(23,24)15-4-3-12(17)8-13(14)15/h3-4,7-8H,5-6,9H2,1-2H3,(H,19,22)/b18-14+. The number of nitrogens with one attached hydrogen (secondary N) is 1. The number of fused-ring (bicyclic) bond motifs is 1. The fourth-order valence-corrected chi connectivity index (χ4v) is 4.20. The summed E-state index contributed by atoms with van der Waals surface area (Å²) in [5.74, 6) is -1.08. The zero-order chi connectivity index (χ0) is 18.2. The van der Waals surface area contributed by atoms with Gasteiger partial charge in [-0.2, -0.15) is 10.2 Å². The Morgan fingerprint density at radius 1 is 1.36 bits per heavy atom. The number of carbonyl (C=O) groups is 1. The molecule has 0 aliphatic carbocycles. The van der Waals surface area contributed by atoms with Gasteiger partial charge < -0.3 is 0 Å². The Morgan fingerprint density at radius 2 is 2.12 bits per heavy atom. The second-order valence-electron chi connectivity index (χ2n) is 5.89. The minimum absolute atomic E-state index is 0.00917. The van der Waals surface area contributed by atoms with Crippen molar-refractivity contribution in [2.45, 2.75) is 31.7 Å². The highest BCUT2D eigenvalue weighted by Crippen LogP contribution is 2.26. The largest absolute Gasteiger partial charge is 0.271 e. The summed E-state index contributed by atoms with van der Waals surface area (Å²) >= 11 is 0. The van der Waals surface area contributed by atoms with E-state index in [9.17, 15) is 17.6 Å². The lowest BCUT2D eigenvalue weighted by Crippen LogP contribution is -2.28. The normalized spacial score (nSPS) is 17.3. The molecule has 9 heteroatoms. The minimum Gasteiger partial charge on any atom is -0.271 e. The average molecular weight is 364 g/mol. The number of rotatable bonds is 3. The van der Waals surface area contributed by atoms with E-state index in [-0.39, 0.29) is 29.2 Å². The number of halogens is 1. The van der Waals surface area contributed by atoms with Crippen LogP contribution in [0.3, 0.4) is 0 Å². The smallest absolute Gasteiger partial charge is 0.261 e. The van der Waals surface area contributed by atoms with E-state index in [1.54, 1.807) is 4.68 Å². The number of sulfone groups is 1. The van der Waals surface area contributed by atoms with Gasteiger partial charge in [0.2, 0.25) is 0 Å². The van der Waals surface area contributed by atoms with Crippen LogP contribution in [0.2, 0.25) is 0 Å². The molecule has 0 radical (unpaired) electrons. The fourth-order valence-electron chi connectivity index (χ4n) is 2.73.